The fraction of sp³-hybridized carbons (Fsp3) is 0.909. The number of hydrogen-bond donors (Lipinski definition) is 1. The van der Waals surface area contributed by atoms with E-state index in [1.165, 1.54) is 0 Å². The molecule has 0 aromatic rings. The van der Waals surface area contributed by atoms with Gasteiger partial charge in [-0.3, -0.25) is 4.79 Å². The van der Waals surface area contributed by atoms with Gasteiger partial charge in [0.1, 0.15) is 0 Å². The van der Waals surface area contributed by atoms with Gasteiger partial charge in [0.25, 0.3) is 0 Å². The number of carbonyl (C=O) groups excluding carboxylic acids is 1. The molecule has 0 radical (unpaired) electrons. The fourth-order valence-electron chi connectivity index (χ4n) is 1.26. The molecule has 0 bridgehead atoms. The van der Waals surface area contributed by atoms with Gasteiger partial charge in [-0.05, 0) is 31.4 Å². The molecule has 0 spiro atoms. The molecule has 2 atom stereocenters. The third kappa shape index (κ3) is 7.68. The average molecular weight is 233 g/mol. The molecule has 0 heterocycles. The summed E-state index contributed by atoms with van der Waals surface area (Å²) >= 11 is 1.85. The second-order valence-corrected chi connectivity index (χ2v) is 4.78. The molecular formula is C11H23NO2S. The van der Waals surface area contributed by atoms with Crippen LogP contribution >= 0.6 is 11.8 Å². The molecule has 1 N–H and O–H groups in total. The van der Waals surface area contributed by atoms with Crippen molar-refractivity contribution in [3.63, 3.8) is 0 Å². The van der Waals surface area contributed by atoms with Gasteiger partial charge in [-0.25, -0.2) is 0 Å². The highest BCUT2D eigenvalue weighted by Gasteiger charge is 2.13. The zero-order valence-electron chi connectivity index (χ0n) is 10.2. The van der Waals surface area contributed by atoms with Gasteiger partial charge in [0, 0.05) is 6.54 Å². The summed E-state index contributed by atoms with van der Waals surface area (Å²) in [6, 6.07) is 0. The lowest BCUT2D eigenvalue weighted by Gasteiger charge is -2.14. The number of esters is 1. The lowest BCUT2D eigenvalue weighted by atomic mass is 10.1. The molecule has 3 nitrogen and oxygen atoms in total. The molecule has 0 aliphatic carbocycles. The zero-order valence-corrected chi connectivity index (χ0v) is 11.0. The van der Waals surface area contributed by atoms with E-state index in [1.54, 1.807) is 0 Å². The molecule has 0 aliphatic rings. The van der Waals surface area contributed by atoms with Gasteiger partial charge < -0.3 is 10.1 Å². The van der Waals surface area contributed by atoms with Gasteiger partial charge in [0.15, 0.2) is 0 Å². The topological polar surface area (TPSA) is 38.3 Å². The molecule has 0 saturated carbocycles. The largest absolute Gasteiger partial charge is 0.466 e. The second-order valence-electron chi connectivity index (χ2n) is 3.87. The van der Waals surface area contributed by atoms with Crippen molar-refractivity contribution in [2.24, 2.45) is 11.8 Å². The summed E-state index contributed by atoms with van der Waals surface area (Å²) in [5, 5.41) is 3.29. The van der Waals surface area contributed by atoms with Crippen molar-refractivity contribution in [1.29, 1.82) is 0 Å². The van der Waals surface area contributed by atoms with E-state index >= 15 is 0 Å². The van der Waals surface area contributed by atoms with E-state index < -0.39 is 0 Å². The lowest BCUT2D eigenvalue weighted by Crippen LogP contribution is -2.31. The van der Waals surface area contributed by atoms with Crippen LogP contribution in [0.4, 0.5) is 0 Å². The third-order valence-corrected chi connectivity index (χ3v) is 2.99. The van der Waals surface area contributed by atoms with E-state index in [2.05, 4.69) is 18.5 Å². The molecule has 0 aliphatic heterocycles. The number of carbonyl (C=O) groups is 1. The quantitative estimate of drug-likeness (QED) is 0.649. The fourth-order valence-corrected chi connectivity index (χ4v) is 1.94. The molecule has 2 unspecified atom stereocenters. The van der Waals surface area contributed by atoms with E-state index in [0.29, 0.717) is 19.1 Å². The van der Waals surface area contributed by atoms with Gasteiger partial charge in [-0.1, -0.05) is 13.8 Å². The Balaban J connectivity index is 3.53. The third-order valence-electron chi connectivity index (χ3n) is 2.08. The summed E-state index contributed by atoms with van der Waals surface area (Å²) in [7, 11) is 0. The van der Waals surface area contributed by atoms with Crippen molar-refractivity contribution in [1.82, 2.24) is 5.32 Å². The Bertz CT molecular complexity index is 176. The Morgan fingerprint density at radius 3 is 2.60 bits per heavy atom. The summed E-state index contributed by atoms with van der Waals surface area (Å²) < 4.78 is 4.93. The Kier molecular flexibility index (Phi) is 8.91. The number of nitrogens with one attached hydrogen (secondary N) is 1. The van der Waals surface area contributed by atoms with Crippen LogP contribution in [0.1, 0.15) is 20.8 Å². The molecule has 0 saturated heterocycles. The minimum atomic E-state index is -0.109. The van der Waals surface area contributed by atoms with Crippen LogP contribution < -0.4 is 5.32 Å². The van der Waals surface area contributed by atoms with Crippen molar-refractivity contribution in [3.8, 4) is 0 Å². The SMILES string of the molecule is CCOC(=O)C(C)CNCC(C)CSC. The average Bonchev–Trinajstić information content (AvgIpc) is 2.18. The first-order chi connectivity index (χ1) is 7.11. The number of thioether (sulfide) groups is 1. The van der Waals surface area contributed by atoms with Crippen LogP contribution in [0.5, 0.6) is 0 Å². The molecule has 15 heavy (non-hydrogen) atoms. The van der Waals surface area contributed by atoms with Crippen molar-refractivity contribution in [2.75, 3.05) is 31.7 Å². The lowest BCUT2D eigenvalue weighted by molar-refractivity contribution is -0.147. The van der Waals surface area contributed by atoms with Crippen LogP contribution in [0.3, 0.4) is 0 Å². The number of ether oxygens (including phenoxy) is 1. The number of hydrogen-bond acceptors (Lipinski definition) is 4. The van der Waals surface area contributed by atoms with Crippen LogP contribution in [0.2, 0.25) is 0 Å². The van der Waals surface area contributed by atoms with Gasteiger partial charge in [0.2, 0.25) is 0 Å². The maximum atomic E-state index is 11.3. The molecule has 0 amide bonds. The molecule has 4 heteroatoms. The predicted molar refractivity (Wildman–Crippen MR) is 66.2 cm³/mol. The van der Waals surface area contributed by atoms with E-state index in [0.717, 1.165) is 12.3 Å². The maximum absolute atomic E-state index is 11.3. The molecule has 0 fully saturated rings. The van der Waals surface area contributed by atoms with Crippen molar-refractivity contribution in [2.45, 2.75) is 20.8 Å². The Morgan fingerprint density at radius 2 is 2.07 bits per heavy atom. The normalized spacial score (nSPS) is 14.7. The molecule has 0 aromatic heterocycles. The first-order valence-electron chi connectivity index (χ1n) is 5.48. The molecule has 0 aromatic carbocycles. The van der Waals surface area contributed by atoms with Gasteiger partial charge in [-0.15, -0.1) is 0 Å². The highest BCUT2D eigenvalue weighted by Crippen LogP contribution is 2.03. The predicted octanol–water partition coefficient (Wildman–Crippen LogP) is 1.77. The van der Waals surface area contributed by atoms with Gasteiger partial charge in [0.05, 0.1) is 12.5 Å². The highest BCUT2D eigenvalue weighted by atomic mass is 32.2. The van der Waals surface area contributed by atoms with Crippen LogP contribution in [0.25, 0.3) is 0 Å². The summed E-state index contributed by atoms with van der Waals surface area (Å²) in [6.45, 7) is 8.07. The summed E-state index contributed by atoms with van der Waals surface area (Å²) in [5.41, 5.74) is 0. The molecule has 0 rings (SSSR count). The first kappa shape index (κ1) is 14.8. The van der Waals surface area contributed by atoms with Crippen molar-refractivity contribution in [3.05, 3.63) is 0 Å². The van der Waals surface area contributed by atoms with E-state index in [1.807, 2.05) is 25.6 Å². The van der Waals surface area contributed by atoms with Crippen molar-refractivity contribution < 1.29 is 9.53 Å². The molecular weight excluding hydrogens is 210 g/mol. The van der Waals surface area contributed by atoms with Crippen LogP contribution in [0.15, 0.2) is 0 Å². The minimum absolute atomic E-state index is 0.0496. The molecule has 90 valence electrons. The van der Waals surface area contributed by atoms with Crippen LogP contribution in [-0.4, -0.2) is 37.7 Å². The first-order valence-corrected chi connectivity index (χ1v) is 6.87. The van der Waals surface area contributed by atoms with E-state index in [9.17, 15) is 4.79 Å². The van der Waals surface area contributed by atoms with Gasteiger partial charge >= 0.3 is 5.97 Å². The summed E-state index contributed by atoms with van der Waals surface area (Å²) in [4.78, 5) is 11.3. The maximum Gasteiger partial charge on any atom is 0.309 e. The van der Waals surface area contributed by atoms with Crippen LogP contribution in [0, 0.1) is 11.8 Å². The zero-order chi connectivity index (χ0) is 11.7. The van der Waals surface area contributed by atoms with E-state index in [-0.39, 0.29) is 11.9 Å². The standard InChI is InChI=1S/C11H23NO2S/c1-5-14-11(13)10(3)7-12-6-9(2)8-15-4/h9-10,12H,5-8H2,1-4H3. The van der Waals surface area contributed by atoms with Crippen LogP contribution in [-0.2, 0) is 9.53 Å². The van der Waals surface area contributed by atoms with Gasteiger partial charge in [-0.2, -0.15) is 11.8 Å². The Morgan fingerprint density at radius 1 is 1.40 bits per heavy atom. The van der Waals surface area contributed by atoms with E-state index in [4.69, 9.17) is 4.74 Å². The number of rotatable bonds is 8. The minimum Gasteiger partial charge on any atom is -0.466 e. The Hall–Kier alpha value is -0.220. The van der Waals surface area contributed by atoms with Crippen molar-refractivity contribution >= 4 is 17.7 Å². The summed E-state index contributed by atoms with van der Waals surface area (Å²) in [6.07, 6.45) is 2.11. The monoisotopic (exact) mass is 233 g/mol. The highest BCUT2D eigenvalue weighted by molar-refractivity contribution is 7.98. The Labute approximate surface area is 97.3 Å². The smallest absolute Gasteiger partial charge is 0.309 e. The second kappa shape index (κ2) is 9.04. The summed E-state index contributed by atoms with van der Waals surface area (Å²) in [5.74, 6) is 1.64.